The Morgan fingerprint density at radius 2 is 1.81 bits per heavy atom. The van der Waals surface area contributed by atoms with Crippen molar-refractivity contribution in [3.63, 3.8) is 0 Å². The molecule has 2 aromatic carbocycles. The molecule has 0 aliphatic carbocycles. The number of nitrogens with zero attached hydrogens (tertiary/aromatic N) is 2. The fraction of sp³-hybridized carbons (Fsp3) is 0.333. The molecule has 5 nitrogen and oxygen atoms in total. The minimum absolute atomic E-state index is 0.0549. The Hall–Kier alpha value is -2.82. The normalized spacial score (nSPS) is 12.3. The maximum atomic E-state index is 12.6. The van der Waals surface area contributed by atoms with Gasteiger partial charge in [0.1, 0.15) is 11.8 Å². The van der Waals surface area contributed by atoms with Gasteiger partial charge in [-0.15, -0.1) is 0 Å². The maximum Gasteiger partial charge on any atom is 0.244 e. The van der Waals surface area contributed by atoms with Gasteiger partial charge in [0.25, 0.3) is 0 Å². The van der Waals surface area contributed by atoms with E-state index < -0.39 is 0 Å². The Kier molecular flexibility index (Phi) is 5.26. The third kappa shape index (κ3) is 3.87. The monoisotopic (exact) mass is 351 g/mol. The van der Waals surface area contributed by atoms with E-state index in [-0.39, 0.29) is 18.1 Å². The van der Waals surface area contributed by atoms with Gasteiger partial charge in [-0.25, -0.2) is 0 Å². The van der Waals surface area contributed by atoms with Crippen molar-refractivity contribution >= 4 is 16.8 Å². The number of carbonyl (C=O) groups is 1. The van der Waals surface area contributed by atoms with Crippen LogP contribution < -0.4 is 10.1 Å². The molecule has 0 saturated carbocycles. The maximum absolute atomic E-state index is 12.6. The van der Waals surface area contributed by atoms with Gasteiger partial charge in [-0.1, -0.05) is 30.3 Å². The third-order valence-corrected chi connectivity index (χ3v) is 4.31. The van der Waals surface area contributed by atoms with Crippen molar-refractivity contribution in [1.82, 2.24) is 15.1 Å². The van der Waals surface area contributed by atoms with Crippen molar-refractivity contribution in [1.29, 1.82) is 0 Å². The second kappa shape index (κ2) is 7.60. The smallest absolute Gasteiger partial charge is 0.244 e. The van der Waals surface area contributed by atoms with Crippen molar-refractivity contribution in [2.24, 2.45) is 0 Å². The molecule has 0 aliphatic rings. The predicted octanol–water partition coefficient (Wildman–Crippen LogP) is 4.01. The first-order chi connectivity index (χ1) is 12.5. The molecule has 1 heterocycles. The summed E-state index contributed by atoms with van der Waals surface area (Å²) in [4.78, 5) is 12.6. The Bertz CT molecular complexity index is 897. The fourth-order valence-electron chi connectivity index (χ4n) is 2.95. The molecule has 5 heteroatoms. The highest BCUT2D eigenvalue weighted by molar-refractivity contribution is 5.86. The van der Waals surface area contributed by atoms with Crippen LogP contribution in [0, 0.1) is 6.92 Å². The van der Waals surface area contributed by atoms with E-state index in [0.29, 0.717) is 6.54 Å². The largest absolute Gasteiger partial charge is 0.491 e. The second-order valence-corrected chi connectivity index (χ2v) is 6.75. The molecule has 136 valence electrons. The average Bonchev–Trinajstić information content (AvgIpc) is 2.97. The van der Waals surface area contributed by atoms with Crippen LogP contribution in [0.2, 0.25) is 0 Å². The number of fused-ring (bicyclic) bond motifs is 1. The van der Waals surface area contributed by atoms with E-state index in [9.17, 15) is 4.79 Å². The summed E-state index contributed by atoms with van der Waals surface area (Å²) in [5.74, 6) is 0.780. The SMILES string of the molecule is Cc1nn([C@H](C)C(=O)NCc2ccc(OC(C)C)cc2)c2ccccc12. The molecule has 0 fully saturated rings. The lowest BCUT2D eigenvalue weighted by Gasteiger charge is -2.14. The fourth-order valence-corrected chi connectivity index (χ4v) is 2.95. The summed E-state index contributed by atoms with van der Waals surface area (Å²) >= 11 is 0. The lowest BCUT2D eigenvalue weighted by Crippen LogP contribution is -2.31. The van der Waals surface area contributed by atoms with Gasteiger partial charge in [-0.2, -0.15) is 5.10 Å². The van der Waals surface area contributed by atoms with Crippen LogP contribution in [0.15, 0.2) is 48.5 Å². The summed E-state index contributed by atoms with van der Waals surface area (Å²) in [6.45, 7) is 8.30. The number of ether oxygens (including phenoxy) is 1. The van der Waals surface area contributed by atoms with Crippen LogP contribution in [-0.4, -0.2) is 21.8 Å². The van der Waals surface area contributed by atoms with E-state index >= 15 is 0 Å². The van der Waals surface area contributed by atoms with Crippen LogP contribution >= 0.6 is 0 Å². The number of rotatable bonds is 6. The lowest BCUT2D eigenvalue weighted by molar-refractivity contribution is -0.124. The van der Waals surface area contributed by atoms with Gasteiger partial charge in [-0.3, -0.25) is 9.48 Å². The van der Waals surface area contributed by atoms with E-state index in [4.69, 9.17) is 4.74 Å². The molecule has 1 aromatic heterocycles. The quantitative estimate of drug-likeness (QED) is 0.730. The molecule has 0 radical (unpaired) electrons. The molecular weight excluding hydrogens is 326 g/mol. The molecule has 0 aliphatic heterocycles. The first kappa shape index (κ1) is 18.0. The van der Waals surface area contributed by atoms with Crippen LogP contribution in [0.5, 0.6) is 5.75 Å². The minimum atomic E-state index is -0.378. The minimum Gasteiger partial charge on any atom is -0.491 e. The van der Waals surface area contributed by atoms with E-state index in [2.05, 4.69) is 10.4 Å². The Labute approximate surface area is 154 Å². The number of aryl methyl sites for hydroxylation is 1. The van der Waals surface area contributed by atoms with Crippen LogP contribution in [0.1, 0.15) is 38.1 Å². The summed E-state index contributed by atoms with van der Waals surface area (Å²) in [7, 11) is 0. The molecular formula is C21H25N3O2. The van der Waals surface area contributed by atoms with Gasteiger partial charge in [0.15, 0.2) is 0 Å². The number of aromatic nitrogens is 2. The van der Waals surface area contributed by atoms with E-state index in [1.165, 1.54) is 0 Å². The van der Waals surface area contributed by atoms with Crippen LogP contribution in [0.25, 0.3) is 10.9 Å². The second-order valence-electron chi connectivity index (χ2n) is 6.75. The highest BCUT2D eigenvalue weighted by Crippen LogP contribution is 2.21. The van der Waals surface area contributed by atoms with Crippen molar-refractivity contribution in [3.8, 4) is 5.75 Å². The molecule has 3 rings (SSSR count). The molecule has 0 spiro atoms. The predicted molar refractivity (Wildman–Crippen MR) is 103 cm³/mol. The highest BCUT2D eigenvalue weighted by atomic mass is 16.5. The van der Waals surface area contributed by atoms with Gasteiger partial charge < -0.3 is 10.1 Å². The molecule has 0 unspecified atom stereocenters. The van der Waals surface area contributed by atoms with Crippen LogP contribution in [-0.2, 0) is 11.3 Å². The van der Waals surface area contributed by atoms with E-state index in [1.54, 1.807) is 4.68 Å². The lowest BCUT2D eigenvalue weighted by atomic mass is 10.2. The molecule has 3 aromatic rings. The number of nitrogens with one attached hydrogen (secondary N) is 1. The topological polar surface area (TPSA) is 56.2 Å². The number of hydrogen-bond donors (Lipinski definition) is 1. The Morgan fingerprint density at radius 3 is 2.50 bits per heavy atom. The number of para-hydroxylation sites is 1. The van der Waals surface area contributed by atoms with Crippen molar-refractivity contribution in [2.75, 3.05) is 0 Å². The molecule has 26 heavy (non-hydrogen) atoms. The molecule has 1 atom stereocenters. The van der Waals surface area contributed by atoms with Crippen molar-refractivity contribution in [2.45, 2.75) is 46.4 Å². The summed E-state index contributed by atoms with van der Waals surface area (Å²) in [6, 6.07) is 15.4. The molecule has 0 bridgehead atoms. The Balaban J connectivity index is 1.66. The van der Waals surface area contributed by atoms with E-state index in [0.717, 1.165) is 27.9 Å². The highest BCUT2D eigenvalue weighted by Gasteiger charge is 2.18. The van der Waals surface area contributed by atoms with Gasteiger partial charge in [0.2, 0.25) is 5.91 Å². The van der Waals surface area contributed by atoms with Crippen LogP contribution in [0.4, 0.5) is 0 Å². The third-order valence-electron chi connectivity index (χ3n) is 4.31. The van der Waals surface area contributed by atoms with Crippen LogP contribution in [0.3, 0.4) is 0 Å². The first-order valence-electron chi connectivity index (χ1n) is 8.93. The number of carbonyl (C=O) groups excluding carboxylic acids is 1. The summed E-state index contributed by atoms with van der Waals surface area (Å²) < 4.78 is 7.43. The van der Waals surface area contributed by atoms with Gasteiger partial charge in [-0.05, 0) is 51.5 Å². The zero-order valence-corrected chi connectivity index (χ0v) is 15.7. The number of amides is 1. The average molecular weight is 351 g/mol. The Morgan fingerprint density at radius 1 is 1.12 bits per heavy atom. The first-order valence-corrected chi connectivity index (χ1v) is 8.93. The van der Waals surface area contributed by atoms with Crippen molar-refractivity contribution in [3.05, 3.63) is 59.8 Å². The standard InChI is InChI=1S/C21H25N3O2/c1-14(2)26-18-11-9-17(10-12-18)13-22-21(25)16(4)24-20-8-6-5-7-19(20)15(3)23-24/h5-12,14,16H,13H2,1-4H3,(H,22,25)/t16-/m1/s1. The van der Waals surface area contributed by atoms with Gasteiger partial charge >= 0.3 is 0 Å². The summed E-state index contributed by atoms with van der Waals surface area (Å²) in [6.07, 6.45) is 0.147. The van der Waals surface area contributed by atoms with Gasteiger partial charge in [0.05, 0.1) is 17.3 Å². The zero-order valence-electron chi connectivity index (χ0n) is 15.7. The summed E-state index contributed by atoms with van der Waals surface area (Å²) in [5.41, 5.74) is 2.94. The van der Waals surface area contributed by atoms with Crippen molar-refractivity contribution < 1.29 is 9.53 Å². The zero-order chi connectivity index (χ0) is 18.7. The number of benzene rings is 2. The van der Waals surface area contributed by atoms with Gasteiger partial charge in [0, 0.05) is 11.9 Å². The number of hydrogen-bond acceptors (Lipinski definition) is 3. The summed E-state index contributed by atoms with van der Waals surface area (Å²) in [5, 5.41) is 8.61. The van der Waals surface area contributed by atoms with E-state index in [1.807, 2.05) is 76.2 Å². The molecule has 0 saturated heterocycles. The molecule has 1 N–H and O–H groups in total. The molecule has 1 amide bonds.